The summed E-state index contributed by atoms with van der Waals surface area (Å²) in [4.78, 5) is 0. The molecule has 3 unspecified atom stereocenters. The van der Waals surface area contributed by atoms with Crippen LogP contribution in [-0.2, 0) is 0 Å². The molecule has 0 bridgehead atoms. The van der Waals surface area contributed by atoms with Crippen LogP contribution in [0, 0.1) is 19.8 Å². The molecule has 100 valence electrons. The van der Waals surface area contributed by atoms with Crippen LogP contribution in [0.15, 0.2) is 18.2 Å². The van der Waals surface area contributed by atoms with Crippen LogP contribution in [0.5, 0.6) is 5.75 Å². The van der Waals surface area contributed by atoms with Crippen molar-refractivity contribution < 1.29 is 9.84 Å². The summed E-state index contributed by atoms with van der Waals surface area (Å²) >= 11 is 0. The first-order valence-corrected chi connectivity index (χ1v) is 7.02. The number of benzene rings is 1. The van der Waals surface area contributed by atoms with Gasteiger partial charge in [0.25, 0.3) is 0 Å². The first-order valence-electron chi connectivity index (χ1n) is 7.02. The van der Waals surface area contributed by atoms with Crippen molar-refractivity contribution in [2.45, 2.75) is 58.7 Å². The second-order valence-corrected chi connectivity index (χ2v) is 5.58. The van der Waals surface area contributed by atoms with Crippen molar-refractivity contribution in [1.82, 2.24) is 0 Å². The van der Waals surface area contributed by atoms with Gasteiger partial charge in [-0.05, 0) is 56.2 Å². The number of ether oxygens (including phenoxy) is 1. The summed E-state index contributed by atoms with van der Waals surface area (Å²) < 4.78 is 6.06. The SMILES string of the molecule is CCC1CCC(O)C(Oc2cc(C)ccc2C)C1. The predicted octanol–water partition coefficient (Wildman–Crippen LogP) is 3.62. The summed E-state index contributed by atoms with van der Waals surface area (Å²) in [6.07, 6.45) is 3.81. The van der Waals surface area contributed by atoms with Gasteiger partial charge in [0.05, 0.1) is 6.10 Å². The molecule has 1 saturated carbocycles. The fourth-order valence-corrected chi connectivity index (χ4v) is 2.69. The zero-order valence-electron chi connectivity index (χ0n) is 11.6. The van der Waals surface area contributed by atoms with Gasteiger partial charge in [0.2, 0.25) is 0 Å². The van der Waals surface area contributed by atoms with Gasteiger partial charge in [-0.25, -0.2) is 0 Å². The molecule has 0 aromatic heterocycles. The summed E-state index contributed by atoms with van der Waals surface area (Å²) in [5.74, 6) is 1.62. The Morgan fingerprint density at radius 1 is 1.28 bits per heavy atom. The van der Waals surface area contributed by atoms with E-state index < -0.39 is 0 Å². The van der Waals surface area contributed by atoms with Crippen molar-refractivity contribution in [2.75, 3.05) is 0 Å². The summed E-state index contributed by atoms with van der Waals surface area (Å²) in [5, 5.41) is 10.1. The maximum Gasteiger partial charge on any atom is 0.125 e. The molecule has 1 N–H and O–H groups in total. The largest absolute Gasteiger partial charge is 0.487 e. The Morgan fingerprint density at radius 2 is 2.06 bits per heavy atom. The molecular weight excluding hydrogens is 224 g/mol. The van der Waals surface area contributed by atoms with Gasteiger partial charge < -0.3 is 9.84 Å². The van der Waals surface area contributed by atoms with Gasteiger partial charge in [0.1, 0.15) is 11.9 Å². The molecule has 3 atom stereocenters. The van der Waals surface area contributed by atoms with Gasteiger partial charge in [-0.3, -0.25) is 0 Å². The van der Waals surface area contributed by atoms with E-state index >= 15 is 0 Å². The van der Waals surface area contributed by atoms with E-state index in [1.165, 1.54) is 12.0 Å². The Balaban J connectivity index is 2.09. The molecule has 1 aliphatic rings. The van der Waals surface area contributed by atoms with Crippen LogP contribution in [0.1, 0.15) is 43.7 Å². The average Bonchev–Trinajstić information content (AvgIpc) is 2.36. The first-order chi connectivity index (χ1) is 8.60. The van der Waals surface area contributed by atoms with E-state index in [1.807, 2.05) is 0 Å². The fraction of sp³-hybridized carbons (Fsp3) is 0.625. The lowest BCUT2D eigenvalue weighted by Gasteiger charge is -2.33. The monoisotopic (exact) mass is 248 g/mol. The molecule has 2 nitrogen and oxygen atoms in total. The van der Waals surface area contributed by atoms with Crippen molar-refractivity contribution in [1.29, 1.82) is 0 Å². The number of hydrogen-bond donors (Lipinski definition) is 1. The van der Waals surface area contributed by atoms with Crippen LogP contribution in [-0.4, -0.2) is 17.3 Å². The van der Waals surface area contributed by atoms with E-state index in [4.69, 9.17) is 4.74 Å². The third-order valence-corrected chi connectivity index (χ3v) is 4.06. The number of aliphatic hydroxyl groups excluding tert-OH is 1. The molecule has 18 heavy (non-hydrogen) atoms. The van der Waals surface area contributed by atoms with Crippen LogP contribution >= 0.6 is 0 Å². The van der Waals surface area contributed by atoms with E-state index in [-0.39, 0.29) is 12.2 Å². The maximum absolute atomic E-state index is 10.1. The minimum atomic E-state index is -0.312. The second-order valence-electron chi connectivity index (χ2n) is 5.58. The van der Waals surface area contributed by atoms with Crippen LogP contribution in [0.2, 0.25) is 0 Å². The zero-order valence-corrected chi connectivity index (χ0v) is 11.6. The summed E-state index contributed by atoms with van der Waals surface area (Å²) in [5.41, 5.74) is 2.35. The lowest BCUT2D eigenvalue weighted by molar-refractivity contribution is -0.0112. The quantitative estimate of drug-likeness (QED) is 0.885. The van der Waals surface area contributed by atoms with Crippen molar-refractivity contribution in [2.24, 2.45) is 5.92 Å². The zero-order chi connectivity index (χ0) is 13.1. The van der Waals surface area contributed by atoms with Crippen LogP contribution in [0.3, 0.4) is 0 Å². The summed E-state index contributed by atoms with van der Waals surface area (Å²) in [6, 6.07) is 6.24. The number of aliphatic hydroxyl groups is 1. The lowest BCUT2D eigenvalue weighted by Crippen LogP contribution is -2.38. The van der Waals surface area contributed by atoms with Crippen molar-refractivity contribution in [3.8, 4) is 5.75 Å². The van der Waals surface area contributed by atoms with Gasteiger partial charge in [-0.2, -0.15) is 0 Å². The Hall–Kier alpha value is -1.02. The smallest absolute Gasteiger partial charge is 0.125 e. The van der Waals surface area contributed by atoms with E-state index in [1.54, 1.807) is 0 Å². The Morgan fingerprint density at radius 3 is 2.78 bits per heavy atom. The molecule has 0 spiro atoms. The molecule has 2 rings (SSSR count). The molecule has 2 heteroatoms. The minimum Gasteiger partial charge on any atom is -0.487 e. The third kappa shape index (κ3) is 3.05. The highest BCUT2D eigenvalue weighted by atomic mass is 16.5. The van der Waals surface area contributed by atoms with Crippen molar-refractivity contribution >= 4 is 0 Å². The van der Waals surface area contributed by atoms with Gasteiger partial charge in [-0.1, -0.05) is 25.5 Å². The summed E-state index contributed by atoms with van der Waals surface area (Å²) in [6.45, 7) is 6.34. The second kappa shape index (κ2) is 5.75. The van der Waals surface area contributed by atoms with E-state index in [9.17, 15) is 5.11 Å². The van der Waals surface area contributed by atoms with Crippen LogP contribution in [0.4, 0.5) is 0 Å². The molecule has 0 heterocycles. The van der Waals surface area contributed by atoms with E-state index in [0.29, 0.717) is 5.92 Å². The first kappa shape index (κ1) is 13.4. The van der Waals surface area contributed by atoms with Crippen molar-refractivity contribution in [3.63, 3.8) is 0 Å². The van der Waals surface area contributed by atoms with E-state index in [0.717, 1.165) is 30.6 Å². The Kier molecular flexibility index (Phi) is 4.28. The maximum atomic E-state index is 10.1. The molecule has 0 aliphatic heterocycles. The van der Waals surface area contributed by atoms with E-state index in [2.05, 4.69) is 39.0 Å². The Labute approximate surface area is 110 Å². The van der Waals surface area contributed by atoms with Gasteiger partial charge >= 0.3 is 0 Å². The van der Waals surface area contributed by atoms with Crippen LogP contribution < -0.4 is 4.74 Å². The number of rotatable bonds is 3. The number of hydrogen-bond acceptors (Lipinski definition) is 2. The van der Waals surface area contributed by atoms with Gasteiger partial charge in [0, 0.05) is 0 Å². The molecule has 0 amide bonds. The molecule has 0 saturated heterocycles. The molecule has 1 aliphatic carbocycles. The standard InChI is InChI=1S/C16H24O2/c1-4-13-7-8-14(17)16(10-13)18-15-9-11(2)5-6-12(15)3/h5-6,9,13-14,16-17H,4,7-8,10H2,1-3H3. The fourth-order valence-electron chi connectivity index (χ4n) is 2.69. The molecule has 0 radical (unpaired) electrons. The Bertz CT molecular complexity index is 400. The highest BCUT2D eigenvalue weighted by Gasteiger charge is 2.30. The average molecular weight is 248 g/mol. The van der Waals surface area contributed by atoms with Crippen molar-refractivity contribution in [3.05, 3.63) is 29.3 Å². The topological polar surface area (TPSA) is 29.5 Å². The lowest BCUT2D eigenvalue weighted by atomic mass is 9.84. The molecule has 1 aromatic rings. The molecule has 1 fully saturated rings. The minimum absolute atomic E-state index is 0.0378. The molecule has 1 aromatic carbocycles. The van der Waals surface area contributed by atoms with Crippen LogP contribution in [0.25, 0.3) is 0 Å². The van der Waals surface area contributed by atoms with Gasteiger partial charge in [0.15, 0.2) is 0 Å². The summed E-state index contributed by atoms with van der Waals surface area (Å²) in [7, 11) is 0. The van der Waals surface area contributed by atoms with Gasteiger partial charge in [-0.15, -0.1) is 0 Å². The normalized spacial score (nSPS) is 28.1. The number of aryl methyl sites for hydroxylation is 2. The third-order valence-electron chi connectivity index (χ3n) is 4.06. The highest BCUT2D eigenvalue weighted by Crippen LogP contribution is 2.31. The predicted molar refractivity (Wildman–Crippen MR) is 74.0 cm³/mol. The highest BCUT2D eigenvalue weighted by molar-refractivity contribution is 5.36. The molecular formula is C16H24O2.